The smallest absolute Gasteiger partial charge is 0.179 e. The quantitative estimate of drug-likeness (QED) is 0.236. The molecule has 0 N–H and O–H groups in total. The number of hydrogen-bond acceptors (Lipinski definition) is 4. The average Bonchev–Trinajstić information content (AvgIpc) is 2.90. The van der Waals surface area contributed by atoms with E-state index in [1.54, 1.807) is 48.5 Å². The summed E-state index contributed by atoms with van der Waals surface area (Å²) >= 11 is 0. The molecule has 0 spiro atoms. The maximum atomic E-state index is 11.3. The molecular formula is C28H20O4Si. The topological polar surface area (TPSA) is 68.3 Å². The van der Waals surface area contributed by atoms with Crippen LogP contribution in [0.3, 0.4) is 0 Å². The van der Waals surface area contributed by atoms with Gasteiger partial charge in [0.2, 0.25) is 0 Å². The largest absolute Gasteiger partial charge is 0.298 e. The minimum Gasteiger partial charge on any atom is -0.298 e. The summed E-state index contributed by atoms with van der Waals surface area (Å²) in [5.74, 6) is 0. The van der Waals surface area contributed by atoms with Crippen LogP contribution in [0.2, 0.25) is 0 Å². The Kier molecular flexibility index (Phi) is 6.33. The Morgan fingerprint density at radius 3 is 0.667 bits per heavy atom. The average molecular weight is 449 g/mol. The Morgan fingerprint density at radius 2 is 0.515 bits per heavy atom. The lowest BCUT2D eigenvalue weighted by atomic mass is 10.2. The second-order valence-electron chi connectivity index (χ2n) is 7.71. The van der Waals surface area contributed by atoms with Gasteiger partial charge in [-0.3, -0.25) is 19.2 Å². The van der Waals surface area contributed by atoms with E-state index >= 15 is 0 Å². The molecule has 0 aliphatic carbocycles. The van der Waals surface area contributed by atoms with Gasteiger partial charge in [0, 0.05) is 22.3 Å². The molecular weight excluding hydrogens is 428 g/mol. The molecule has 160 valence electrons. The molecule has 4 aromatic rings. The van der Waals surface area contributed by atoms with Crippen molar-refractivity contribution in [1.29, 1.82) is 0 Å². The molecule has 0 unspecified atom stereocenters. The van der Waals surface area contributed by atoms with Crippen molar-refractivity contribution in [2.75, 3.05) is 0 Å². The van der Waals surface area contributed by atoms with Crippen molar-refractivity contribution in [3.63, 3.8) is 0 Å². The van der Waals surface area contributed by atoms with Gasteiger partial charge >= 0.3 is 0 Å². The fourth-order valence-corrected chi connectivity index (χ4v) is 8.91. The summed E-state index contributed by atoms with van der Waals surface area (Å²) < 4.78 is 0. The standard InChI is InChI=1S/C28H20O4Si/c29-17-21-1-9-25(10-2-21)33(26-11-3-22(18-30)4-12-26,27-13-5-23(19-31)6-14-27)28-15-7-24(20-32)8-16-28/h1-20H. The first-order valence-corrected chi connectivity index (χ1v) is 12.4. The molecule has 0 radical (unpaired) electrons. The molecule has 0 bridgehead atoms. The van der Waals surface area contributed by atoms with Crippen LogP contribution >= 0.6 is 0 Å². The first-order valence-electron chi connectivity index (χ1n) is 10.4. The highest BCUT2D eigenvalue weighted by Crippen LogP contribution is 2.12. The molecule has 0 aliphatic heterocycles. The molecule has 0 heterocycles. The number of rotatable bonds is 8. The lowest BCUT2D eigenvalue weighted by Gasteiger charge is -2.34. The third kappa shape index (κ3) is 4.02. The van der Waals surface area contributed by atoms with Gasteiger partial charge in [-0.05, 0) is 20.7 Å². The van der Waals surface area contributed by atoms with Crippen molar-refractivity contribution in [2.45, 2.75) is 0 Å². The van der Waals surface area contributed by atoms with Crippen LogP contribution in [0.5, 0.6) is 0 Å². The van der Waals surface area contributed by atoms with Gasteiger partial charge in [-0.1, -0.05) is 97.1 Å². The van der Waals surface area contributed by atoms with Crippen molar-refractivity contribution in [3.8, 4) is 0 Å². The number of carbonyl (C=O) groups is 4. The van der Waals surface area contributed by atoms with E-state index in [2.05, 4.69) is 0 Å². The highest BCUT2D eigenvalue weighted by atomic mass is 28.3. The van der Waals surface area contributed by atoms with Crippen LogP contribution in [0.1, 0.15) is 41.4 Å². The van der Waals surface area contributed by atoms with Gasteiger partial charge in [0.1, 0.15) is 25.1 Å². The molecule has 4 rings (SSSR count). The number of hydrogen-bond donors (Lipinski definition) is 0. The van der Waals surface area contributed by atoms with Crippen LogP contribution in [-0.4, -0.2) is 33.2 Å². The minimum absolute atomic E-state index is 0.575. The maximum absolute atomic E-state index is 11.3. The van der Waals surface area contributed by atoms with Crippen LogP contribution in [0, 0.1) is 0 Å². The van der Waals surface area contributed by atoms with Crippen LogP contribution in [0.4, 0.5) is 0 Å². The lowest BCUT2D eigenvalue weighted by Crippen LogP contribution is -2.74. The minimum atomic E-state index is -2.91. The zero-order chi connectivity index (χ0) is 23.3. The number of aldehydes is 4. The summed E-state index contributed by atoms with van der Waals surface area (Å²) in [5, 5.41) is 4.13. The summed E-state index contributed by atoms with van der Waals surface area (Å²) in [6, 6.07) is 30.1. The van der Waals surface area contributed by atoms with Crippen molar-refractivity contribution >= 4 is 54.0 Å². The molecule has 0 fully saturated rings. The van der Waals surface area contributed by atoms with E-state index in [4.69, 9.17) is 0 Å². The normalized spacial score (nSPS) is 10.9. The molecule has 4 aromatic carbocycles. The van der Waals surface area contributed by atoms with Gasteiger partial charge in [0.15, 0.2) is 8.07 Å². The maximum Gasteiger partial charge on any atom is 0.179 e. The van der Waals surface area contributed by atoms with E-state index < -0.39 is 8.07 Å². The second kappa shape index (κ2) is 9.50. The van der Waals surface area contributed by atoms with Crippen molar-refractivity contribution in [3.05, 3.63) is 119 Å². The van der Waals surface area contributed by atoms with E-state index in [1.807, 2.05) is 48.5 Å². The Bertz CT molecular complexity index is 1080. The highest BCUT2D eigenvalue weighted by Gasteiger charge is 2.41. The number of carbonyl (C=O) groups excluding carboxylic acids is 4. The lowest BCUT2D eigenvalue weighted by molar-refractivity contribution is 0.111. The van der Waals surface area contributed by atoms with Crippen LogP contribution < -0.4 is 20.7 Å². The number of benzene rings is 4. The van der Waals surface area contributed by atoms with Gasteiger partial charge in [-0.15, -0.1) is 0 Å². The molecule has 0 aromatic heterocycles. The Labute approximate surface area is 192 Å². The predicted octanol–water partition coefficient (Wildman–Crippen LogP) is 2.31. The third-order valence-electron chi connectivity index (χ3n) is 5.92. The first kappa shape index (κ1) is 22.0. The molecule has 0 atom stereocenters. The van der Waals surface area contributed by atoms with E-state index in [0.29, 0.717) is 22.3 Å². The zero-order valence-corrected chi connectivity index (χ0v) is 18.7. The van der Waals surface area contributed by atoms with Gasteiger partial charge < -0.3 is 0 Å². The van der Waals surface area contributed by atoms with E-state index in [9.17, 15) is 19.2 Å². The fourth-order valence-electron chi connectivity index (χ4n) is 4.25. The molecule has 0 amide bonds. The Balaban J connectivity index is 2.09. The van der Waals surface area contributed by atoms with E-state index in [-0.39, 0.29) is 0 Å². The zero-order valence-electron chi connectivity index (χ0n) is 17.7. The van der Waals surface area contributed by atoms with Gasteiger partial charge in [-0.25, -0.2) is 0 Å². The van der Waals surface area contributed by atoms with Crippen LogP contribution in [0.15, 0.2) is 97.1 Å². The van der Waals surface area contributed by atoms with Gasteiger partial charge in [0.05, 0.1) is 0 Å². The highest BCUT2D eigenvalue weighted by molar-refractivity contribution is 7.19. The first-order chi connectivity index (χ1) is 16.1. The summed E-state index contributed by atoms with van der Waals surface area (Å²) in [4.78, 5) is 45.2. The molecule has 4 nitrogen and oxygen atoms in total. The molecule has 0 saturated carbocycles. The van der Waals surface area contributed by atoms with E-state index in [0.717, 1.165) is 45.9 Å². The Morgan fingerprint density at radius 1 is 0.333 bits per heavy atom. The van der Waals surface area contributed by atoms with Gasteiger partial charge in [-0.2, -0.15) is 0 Å². The SMILES string of the molecule is O=Cc1ccc([Si](c2ccc(C=O)cc2)(c2ccc(C=O)cc2)c2ccc(C=O)cc2)cc1. The molecule has 0 saturated heterocycles. The van der Waals surface area contributed by atoms with Crippen LogP contribution in [0.25, 0.3) is 0 Å². The second-order valence-corrected chi connectivity index (χ2v) is 11.5. The fraction of sp³-hybridized carbons (Fsp3) is 0. The monoisotopic (exact) mass is 448 g/mol. The van der Waals surface area contributed by atoms with Gasteiger partial charge in [0.25, 0.3) is 0 Å². The molecule has 33 heavy (non-hydrogen) atoms. The van der Waals surface area contributed by atoms with Crippen molar-refractivity contribution in [2.24, 2.45) is 0 Å². The van der Waals surface area contributed by atoms with Crippen LogP contribution in [-0.2, 0) is 0 Å². The summed E-state index contributed by atoms with van der Waals surface area (Å²) in [7, 11) is -2.91. The molecule has 0 aliphatic rings. The summed E-state index contributed by atoms with van der Waals surface area (Å²) in [6.07, 6.45) is 3.24. The van der Waals surface area contributed by atoms with Crippen molar-refractivity contribution in [1.82, 2.24) is 0 Å². The predicted molar refractivity (Wildman–Crippen MR) is 132 cm³/mol. The summed E-state index contributed by atoms with van der Waals surface area (Å²) in [5.41, 5.74) is 2.30. The third-order valence-corrected chi connectivity index (χ3v) is 10.7. The Hall–Kier alpha value is -4.22. The summed E-state index contributed by atoms with van der Waals surface area (Å²) in [6.45, 7) is 0. The van der Waals surface area contributed by atoms with E-state index in [1.165, 1.54) is 0 Å². The molecule has 5 heteroatoms. The van der Waals surface area contributed by atoms with Crippen molar-refractivity contribution < 1.29 is 19.2 Å².